The second kappa shape index (κ2) is 9.32. The monoisotopic (exact) mass is 378 g/mol. The van der Waals surface area contributed by atoms with E-state index in [1.165, 1.54) is 6.39 Å². The third kappa shape index (κ3) is 4.87. The minimum Gasteiger partial charge on any atom is -0.448 e. The zero-order valence-electron chi connectivity index (χ0n) is 16.3. The predicted molar refractivity (Wildman–Crippen MR) is 99.3 cm³/mol. The second-order valence-corrected chi connectivity index (χ2v) is 7.40. The molecule has 8 heteroatoms. The van der Waals surface area contributed by atoms with E-state index in [9.17, 15) is 9.59 Å². The van der Waals surface area contributed by atoms with Crippen LogP contribution in [-0.2, 0) is 9.53 Å². The van der Waals surface area contributed by atoms with Gasteiger partial charge in [-0.2, -0.15) is 0 Å². The summed E-state index contributed by atoms with van der Waals surface area (Å²) in [5, 5.41) is 2.96. The van der Waals surface area contributed by atoms with Crippen LogP contribution in [0.15, 0.2) is 10.8 Å². The van der Waals surface area contributed by atoms with Gasteiger partial charge in [-0.25, -0.2) is 4.98 Å². The molecule has 27 heavy (non-hydrogen) atoms. The van der Waals surface area contributed by atoms with E-state index in [4.69, 9.17) is 9.15 Å². The normalized spacial score (nSPS) is 22.0. The van der Waals surface area contributed by atoms with E-state index in [2.05, 4.69) is 15.2 Å². The van der Waals surface area contributed by atoms with Crippen LogP contribution in [-0.4, -0.2) is 79.1 Å². The lowest BCUT2D eigenvalue weighted by atomic mass is 9.93. The van der Waals surface area contributed by atoms with Crippen molar-refractivity contribution in [3.63, 3.8) is 0 Å². The number of amides is 2. The highest BCUT2D eigenvalue weighted by Gasteiger charge is 2.33. The summed E-state index contributed by atoms with van der Waals surface area (Å²) in [4.78, 5) is 33.2. The van der Waals surface area contributed by atoms with Crippen LogP contribution in [0.3, 0.4) is 0 Å². The van der Waals surface area contributed by atoms with E-state index in [-0.39, 0.29) is 17.7 Å². The Kier molecular flexibility index (Phi) is 6.84. The summed E-state index contributed by atoms with van der Waals surface area (Å²) in [6.45, 7) is 6.14. The van der Waals surface area contributed by atoms with Gasteiger partial charge < -0.3 is 19.4 Å². The highest BCUT2D eigenvalue weighted by molar-refractivity contribution is 5.93. The Bertz CT molecular complexity index is 639. The maximum absolute atomic E-state index is 12.6. The molecular formula is C19H30N4O4. The summed E-state index contributed by atoms with van der Waals surface area (Å²) >= 11 is 0. The van der Waals surface area contributed by atoms with Gasteiger partial charge in [0.25, 0.3) is 5.91 Å². The van der Waals surface area contributed by atoms with E-state index < -0.39 is 0 Å². The second-order valence-electron chi connectivity index (χ2n) is 7.40. The van der Waals surface area contributed by atoms with Gasteiger partial charge in [0.1, 0.15) is 5.76 Å². The third-order valence-corrected chi connectivity index (χ3v) is 5.64. The van der Waals surface area contributed by atoms with Gasteiger partial charge in [0, 0.05) is 39.3 Å². The molecule has 2 aliphatic heterocycles. The first-order valence-electron chi connectivity index (χ1n) is 9.80. The summed E-state index contributed by atoms with van der Waals surface area (Å²) in [5.41, 5.74) is 0.416. The molecule has 1 N–H and O–H groups in total. The fourth-order valence-corrected chi connectivity index (χ4v) is 4.07. The number of methoxy groups -OCH3 is 1. The quantitative estimate of drug-likeness (QED) is 0.745. The van der Waals surface area contributed by atoms with Gasteiger partial charge in [-0.1, -0.05) is 0 Å². The third-order valence-electron chi connectivity index (χ3n) is 5.64. The van der Waals surface area contributed by atoms with Crippen molar-refractivity contribution in [1.82, 2.24) is 20.1 Å². The van der Waals surface area contributed by atoms with Crippen molar-refractivity contribution >= 4 is 11.8 Å². The zero-order chi connectivity index (χ0) is 19.2. The Labute approximate surface area is 160 Å². The number of likely N-dealkylation sites (tertiary alicyclic amines) is 2. The average Bonchev–Trinajstić information content (AvgIpc) is 3.13. The molecule has 0 aliphatic carbocycles. The fraction of sp³-hybridized carbons (Fsp3) is 0.737. The standard InChI is InChI=1S/C19H30N4O4/c1-14-17(21-13-27-14)19(25)22-9-5-16(6-10-22)23-8-3-4-15(12-23)18(24)20-7-11-26-2/h13,15-16H,3-12H2,1-2H3,(H,20,24)/t15-/m0/s1. The van der Waals surface area contributed by atoms with Crippen molar-refractivity contribution in [2.45, 2.75) is 38.6 Å². The molecule has 1 atom stereocenters. The Morgan fingerprint density at radius 1 is 1.30 bits per heavy atom. The van der Waals surface area contributed by atoms with E-state index in [0.717, 1.165) is 51.9 Å². The number of oxazole rings is 1. The summed E-state index contributed by atoms with van der Waals surface area (Å²) < 4.78 is 10.1. The molecule has 0 bridgehead atoms. The number of hydrogen-bond donors (Lipinski definition) is 1. The van der Waals surface area contributed by atoms with Crippen LogP contribution in [0, 0.1) is 12.8 Å². The van der Waals surface area contributed by atoms with Crippen LogP contribution in [0.2, 0.25) is 0 Å². The number of aromatic nitrogens is 1. The van der Waals surface area contributed by atoms with Gasteiger partial charge in [0.05, 0.1) is 12.5 Å². The number of carbonyl (C=O) groups is 2. The van der Waals surface area contributed by atoms with E-state index in [1.807, 2.05) is 4.90 Å². The maximum Gasteiger partial charge on any atom is 0.276 e. The summed E-state index contributed by atoms with van der Waals surface area (Å²) in [7, 11) is 1.63. The Morgan fingerprint density at radius 3 is 2.74 bits per heavy atom. The first-order valence-corrected chi connectivity index (χ1v) is 9.80. The van der Waals surface area contributed by atoms with Crippen LogP contribution < -0.4 is 5.32 Å². The number of aryl methyl sites for hydroxylation is 1. The smallest absolute Gasteiger partial charge is 0.276 e. The SMILES string of the molecule is COCCNC(=O)[C@H]1CCCN(C2CCN(C(=O)c3ncoc3C)CC2)C1. The minimum absolute atomic E-state index is 0.0475. The molecule has 1 aromatic heterocycles. The van der Waals surface area contributed by atoms with Crippen molar-refractivity contribution in [3.05, 3.63) is 17.8 Å². The molecule has 2 saturated heterocycles. The highest BCUT2D eigenvalue weighted by atomic mass is 16.5. The molecule has 3 heterocycles. The lowest BCUT2D eigenvalue weighted by molar-refractivity contribution is -0.127. The average molecular weight is 378 g/mol. The van der Waals surface area contributed by atoms with Crippen molar-refractivity contribution in [2.24, 2.45) is 5.92 Å². The van der Waals surface area contributed by atoms with Crippen molar-refractivity contribution in [3.8, 4) is 0 Å². The van der Waals surface area contributed by atoms with Crippen molar-refractivity contribution in [1.29, 1.82) is 0 Å². The first kappa shape index (κ1) is 19.8. The molecule has 150 valence electrons. The topological polar surface area (TPSA) is 87.9 Å². The molecule has 0 spiro atoms. The molecule has 1 aromatic rings. The fourth-order valence-electron chi connectivity index (χ4n) is 4.07. The van der Waals surface area contributed by atoms with Gasteiger partial charge in [0.15, 0.2) is 12.1 Å². The molecular weight excluding hydrogens is 348 g/mol. The number of hydrogen-bond acceptors (Lipinski definition) is 6. The molecule has 0 radical (unpaired) electrons. The number of ether oxygens (including phenoxy) is 1. The van der Waals surface area contributed by atoms with Crippen molar-refractivity contribution in [2.75, 3.05) is 46.4 Å². The number of piperidine rings is 2. The van der Waals surface area contributed by atoms with Crippen LogP contribution >= 0.6 is 0 Å². The molecule has 2 fully saturated rings. The van der Waals surface area contributed by atoms with E-state index >= 15 is 0 Å². The molecule has 2 amide bonds. The van der Waals surface area contributed by atoms with Gasteiger partial charge >= 0.3 is 0 Å². The van der Waals surface area contributed by atoms with Crippen LogP contribution in [0.5, 0.6) is 0 Å². The summed E-state index contributed by atoms with van der Waals surface area (Å²) in [6, 6.07) is 0.432. The van der Waals surface area contributed by atoms with Gasteiger partial charge in [-0.3, -0.25) is 14.5 Å². The first-order chi connectivity index (χ1) is 13.1. The van der Waals surface area contributed by atoms with E-state index in [0.29, 0.717) is 30.6 Å². The lowest BCUT2D eigenvalue weighted by Crippen LogP contribution is -2.51. The highest BCUT2D eigenvalue weighted by Crippen LogP contribution is 2.25. The number of carbonyl (C=O) groups excluding carboxylic acids is 2. The number of nitrogens with one attached hydrogen (secondary N) is 1. The largest absolute Gasteiger partial charge is 0.448 e. The zero-order valence-corrected chi connectivity index (χ0v) is 16.3. The van der Waals surface area contributed by atoms with Gasteiger partial charge in [-0.05, 0) is 39.2 Å². The van der Waals surface area contributed by atoms with E-state index in [1.54, 1.807) is 14.0 Å². The molecule has 2 aliphatic rings. The maximum atomic E-state index is 12.6. The summed E-state index contributed by atoms with van der Waals surface area (Å²) in [6.07, 6.45) is 5.17. The Balaban J connectivity index is 1.48. The van der Waals surface area contributed by atoms with Gasteiger partial charge in [-0.15, -0.1) is 0 Å². The van der Waals surface area contributed by atoms with Crippen LogP contribution in [0.1, 0.15) is 41.9 Å². The molecule has 0 aromatic carbocycles. The molecule has 0 saturated carbocycles. The van der Waals surface area contributed by atoms with Crippen molar-refractivity contribution < 1.29 is 18.7 Å². The van der Waals surface area contributed by atoms with Crippen LogP contribution in [0.25, 0.3) is 0 Å². The predicted octanol–water partition coefficient (Wildman–Crippen LogP) is 1.06. The summed E-state index contributed by atoms with van der Waals surface area (Å²) in [5.74, 6) is 0.702. The molecule has 3 rings (SSSR count). The Hall–Kier alpha value is -1.93. The molecule has 0 unspecified atom stereocenters. The lowest BCUT2D eigenvalue weighted by Gasteiger charge is -2.41. The minimum atomic E-state index is -0.0475. The Morgan fingerprint density at radius 2 is 2.07 bits per heavy atom. The number of nitrogens with zero attached hydrogens (tertiary/aromatic N) is 3. The van der Waals surface area contributed by atoms with Crippen LogP contribution in [0.4, 0.5) is 0 Å². The number of rotatable bonds is 6. The van der Waals surface area contributed by atoms with Gasteiger partial charge in [0.2, 0.25) is 5.91 Å². The molecule has 8 nitrogen and oxygen atoms in total.